The molecule has 0 aliphatic carbocycles. The molecule has 0 spiro atoms. The number of nitrogens with one attached hydrogen (secondary N) is 1. The standard InChI is InChI=1S/C9H15N3O4/c10-6-3-4-7(13)12(9(6)16)11-5-1-2-8(14)15/h6,11H,1-5,10H2,(H,14,15). The predicted octanol–water partition coefficient (Wildman–Crippen LogP) is -1.17. The Labute approximate surface area is 92.6 Å². The molecule has 1 fully saturated rings. The molecule has 16 heavy (non-hydrogen) atoms. The molecule has 4 N–H and O–H groups in total. The van der Waals surface area contributed by atoms with Crippen LogP contribution in [0.2, 0.25) is 0 Å². The monoisotopic (exact) mass is 229 g/mol. The van der Waals surface area contributed by atoms with Crippen LogP contribution < -0.4 is 11.2 Å². The van der Waals surface area contributed by atoms with Gasteiger partial charge in [0.2, 0.25) is 5.91 Å². The molecule has 7 nitrogen and oxygen atoms in total. The first kappa shape index (κ1) is 12.6. The van der Waals surface area contributed by atoms with E-state index in [1.165, 1.54) is 0 Å². The Bertz CT molecular complexity index is 305. The van der Waals surface area contributed by atoms with Crippen molar-refractivity contribution in [3.8, 4) is 0 Å². The highest BCUT2D eigenvalue weighted by molar-refractivity contribution is 5.99. The first-order valence-corrected chi connectivity index (χ1v) is 5.10. The number of amides is 2. The van der Waals surface area contributed by atoms with Crippen molar-refractivity contribution >= 4 is 17.8 Å². The lowest BCUT2D eigenvalue weighted by atomic mass is 10.1. The number of aliphatic carboxylic acids is 1. The van der Waals surface area contributed by atoms with Gasteiger partial charge in [-0.1, -0.05) is 0 Å². The average Bonchev–Trinajstić information content (AvgIpc) is 2.22. The van der Waals surface area contributed by atoms with Gasteiger partial charge in [-0.25, -0.2) is 10.4 Å². The van der Waals surface area contributed by atoms with Crippen LogP contribution in [0.15, 0.2) is 0 Å². The summed E-state index contributed by atoms with van der Waals surface area (Å²) in [6.45, 7) is 0.260. The molecule has 1 rings (SSSR count). The number of hydrogen-bond donors (Lipinski definition) is 3. The number of carboxylic acids is 1. The summed E-state index contributed by atoms with van der Waals surface area (Å²) >= 11 is 0. The van der Waals surface area contributed by atoms with Crippen molar-refractivity contribution in [1.82, 2.24) is 10.4 Å². The van der Waals surface area contributed by atoms with Crippen molar-refractivity contribution in [3.63, 3.8) is 0 Å². The molecule has 0 aromatic carbocycles. The van der Waals surface area contributed by atoms with Crippen LogP contribution in [-0.4, -0.2) is 40.5 Å². The molecule has 0 radical (unpaired) electrons. The molecule has 0 bridgehead atoms. The summed E-state index contributed by atoms with van der Waals surface area (Å²) in [4.78, 5) is 33.0. The number of carbonyl (C=O) groups excluding carboxylic acids is 2. The van der Waals surface area contributed by atoms with E-state index in [2.05, 4.69) is 5.43 Å². The van der Waals surface area contributed by atoms with Gasteiger partial charge in [0.05, 0.1) is 6.04 Å². The number of hydrogen-bond acceptors (Lipinski definition) is 5. The zero-order valence-corrected chi connectivity index (χ0v) is 8.81. The topological polar surface area (TPSA) is 113 Å². The van der Waals surface area contributed by atoms with Crippen molar-refractivity contribution in [2.24, 2.45) is 5.73 Å². The van der Waals surface area contributed by atoms with Crippen LogP contribution in [-0.2, 0) is 14.4 Å². The Morgan fingerprint density at radius 2 is 2.25 bits per heavy atom. The van der Waals surface area contributed by atoms with Crippen molar-refractivity contribution in [2.75, 3.05) is 6.54 Å². The molecule has 0 aromatic heterocycles. The van der Waals surface area contributed by atoms with Crippen molar-refractivity contribution in [2.45, 2.75) is 31.7 Å². The van der Waals surface area contributed by atoms with Gasteiger partial charge in [0.15, 0.2) is 0 Å². The Hall–Kier alpha value is -1.47. The molecule has 2 amide bonds. The quantitative estimate of drug-likeness (QED) is 0.404. The third kappa shape index (κ3) is 3.28. The summed E-state index contributed by atoms with van der Waals surface area (Å²) in [5.41, 5.74) is 8.10. The second-order valence-corrected chi connectivity index (χ2v) is 3.62. The fourth-order valence-electron chi connectivity index (χ4n) is 1.40. The predicted molar refractivity (Wildman–Crippen MR) is 53.9 cm³/mol. The summed E-state index contributed by atoms with van der Waals surface area (Å²) in [5.74, 6) is -1.68. The van der Waals surface area contributed by atoms with Gasteiger partial charge in [0.25, 0.3) is 5.91 Å². The van der Waals surface area contributed by atoms with Gasteiger partial charge in [-0.15, -0.1) is 0 Å². The summed E-state index contributed by atoms with van der Waals surface area (Å²) < 4.78 is 0. The molecule has 7 heteroatoms. The van der Waals surface area contributed by atoms with Gasteiger partial charge < -0.3 is 10.8 Å². The van der Waals surface area contributed by atoms with Crippen molar-refractivity contribution in [3.05, 3.63) is 0 Å². The van der Waals surface area contributed by atoms with Gasteiger partial charge in [-0.05, 0) is 12.8 Å². The molecule has 1 aliphatic rings. The second kappa shape index (κ2) is 5.57. The van der Waals surface area contributed by atoms with E-state index in [0.717, 1.165) is 5.01 Å². The fourth-order valence-corrected chi connectivity index (χ4v) is 1.40. The fraction of sp³-hybridized carbons (Fsp3) is 0.667. The zero-order chi connectivity index (χ0) is 12.1. The average molecular weight is 229 g/mol. The maximum absolute atomic E-state index is 11.5. The zero-order valence-electron chi connectivity index (χ0n) is 8.81. The van der Waals surface area contributed by atoms with Crippen molar-refractivity contribution in [1.29, 1.82) is 0 Å². The number of rotatable bonds is 5. The van der Waals surface area contributed by atoms with Crippen LogP contribution in [0.3, 0.4) is 0 Å². The van der Waals surface area contributed by atoms with E-state index in [9.17, 15) is 14.4 Å². The lowest BCUT2D eigenvalue weighted by Crippen LogP contribution is -2.57. The number of carboxylic acid groups (broad SMARTS) is 1. The summed E-state index contributed by atoms with van der Waals surface area (Å²) in [5, 5.41) is 9.30. The Kier molecular flexibility index (Phi) is 4.39. The van der Waals surface area contributed by atoms with E-state index < -0.39 is 17.9 Å². The van der Waals surface area contributed by atoms with Gasteiger partial charge in [0.1, 0.15) is 0 Å². The van der Waals surface area contributed by atoms with Crippen LogP contribution in [0.5, 0.6) is 0 Å². The molecule has 1 aliphatic heterocycles. The molecule has 1 saturated heterocycles. The normalized spacial score (nSPS) is 21.3. The van der Waals surface area contributed by atoms with Crippen LogP contribution in [0.1, 0.15) is 25.7 Å². The number of carbonyl (C=O) groups is 3. The van der Waals surface area contributed by atoms with Crippen LogP contribution in [0.4, 0.5) is 0 Å². The first-order chi connectivity index (χ1) is 7.52. The minimum absolute atomic E-state index is 0.00469. The lowest BCUT2D eigenvalue weighted by Gasteiger charge is -2.28. The molecule has 0 aromatic rings. The summed E-state index contributed by atoms with van der Waals surface area (Å²) in [6.07, 6.45) is 0.945. The van der Waals surface area contributed by atoms with Crippen LogP contribution in [0, 0.1) is 0 Å². The third-order valence-electron chi connectivity index (χ3n) is 2.29. The highest BCUT2D eigenvalue weighted by atomic mass is 16.4. The van der Waals surface area contributed by atoms with Crippen LogP contribution >= 0.6 is 0 Å². The van der Waals surface area contributed by atoms with E-state index in [0.29, 0.717) is 12.8 Å². The lowest BCUT2D eigenvalue weighted by molar-refractivity contribution is -0.153. The SMILES string of the molecule is NC1CCC(=O)N(NCCCC(=O)O)C1=O. The second-order valence-electron chi connectivity index (χ2n) is 3.62. The number of hydrazine groups is 1. The van der Waals surface area contributed by atoms with E-state index >= 15 is 0 Å². The molecule has 1 heterocycles. The Morgan fingerprint density at radius 1 is 1.56 bits per heavy atom. The van der Waals surface area contributed by atoms with E-state index in [1.807, 2.05) is 0 Å². The number of imide groups is 1. The maximum Gasteiger partial charge on any atom is 0.303 e. The summed E-state index contributed by atoms with van der Waals surface area (Å²) in [6, 6.07) is -0.648. The highest BCUT2D eigenvalue weighted by Crippen LogP contribution is 2.09. The molecular weight excluding hydrogens is 214 g/mol. The summed E-state index contributed by atoms with van der Waals surface area (Å²) in [7, 11) is 0. The Balaban J connectivity index is 2.36. The largest absolute Gasteiger partial charge is 0.481 e. The number of nitrogens with two attached hydrogens (primary N) is 1. The molecule has 1 atom stereocenters. The third-order valence-corrected chi connectivity index (χ3v) is 2.29. The van der Waals surface area contributed by atoms with Gasteiger partial charge in [-0.3, -0.25) is 14.4 Å². The first-order valence-electron chi connectivity index (χ1n) is 5.10. The molecule has 0 saturated carbocycles. The van der Waals surface area contributed by atoms with Gasteiger partial charge in [0, 0.05) is 19.4 Å². The van der Waals surface area contributed by atoms with E-state index in [1.54, 1.807) is 0 Å². The maximum atomic E-state index is 11.5. The highest BCUT2D eigenvalue weighted by Gasteiger charge is 2.31. The van der Waals surface area contributed by atoms with Crippen LogP contribution in [0.25, 0.3) is 0 Å². The number of nitrogens with zero attached hydrogens (tertiary/aromatic N) is 1. The molecule has 90 valence electrons. The van der Waals surface area contributed by atoms with Crippen molar-refractivity contribution < 1.29 is 19.5 Å². The Morgan fingerprint density at radius 3 is 2.88 bits per heavy atom. The van der Waals surface area contributed by atoms with E-state index in [4.69, 9.17) is 10.8 Å². The molecule has 1 unspecified atom stereocenters. The van der Waals surface area contributed by atoms with Gasteiger partial charge in [-0.2, -0.15) is 0 Å². The van der Waals surface area contributed by atoms with Gasteiger partial charge >= 0.3 is 5.97 Å². The minimum atomic E-state index is -0.908. The molecular formula is C9H15N3O4. The smallest absolute Gasteiger partial charge is 0.303 e. The number of piperidine rings is 1. The minimum Gasteiger partial charge on any atom is -0.481 e. The van der Waals surface area contributed by atoms with E-state index in [-0.39, 0.29) is 25.3 Å².